The van der Waals surface area contributed by atoms with E-state index in [0.29, 0.717) is 0 Å². The number of aromatic hydroxyl groups is 1. The van der Waals surface area contributed by atoms with Crippen molar-refractivity contribution in [3.05, 3.63) is 83.7 Å². The third kappa shape index (κ3) is 4.49. The standard InChI is InChI=1S/C23H19F2N3O5S2/c1-13-17(24)5-3-7-19(13)27-34(30,31)21-11-22(23(29)15-9-10-26-12-16(15)21)35(32,33)28-20-8-4-6-18(25)14(20)2/h3-12,27-29H,1-2H3. The van der Waals surface area contributed by atoms with Crippen LogP contribution in [0.5, 0.6) is 5.75 Å². The second-order valence-electron chi connectivity index (χ2n) is 7.68. The summed E-state index contributed by atoms with van der Waals surface area (Å²) in [6.45, 7) is 2.74. The highest BCUT2D eigenvalue weighted by molar-refractivity contribution is 7.93. The maximum atomic E-state index is 14.0. The Morgan fingerprint density at radius 1 is 0.771 bits per heavy atom. The summed E-state index contributed by atoms with van der Waals surface area (Å²) in [4.78, 5) is 2.61. The largest absolute Gasteiger partial charge is 0.506 e. The third-order valence-electron chi connectivity index (χ3n) is 5.44. The van der Waals surface area contributed by atoms with Crippen LogP contribution in [0.4, 0.5) is 20.2 Å². The van der Waals surface area contributed by atoms with Crippen LogP contribution in [0.1, 0.15) is 11.1 Å². The van der Waals surface area contributed by atoms with Crippen LogP contribution in [0.3, 0.4) is 0 Å². The number of rotatable bonds is 6. The van der Waals surface area contributed by atoms with Crippen molar-refractivity contribution in [1.82, 2.24) is 4.98 Å². The summed E-state index contributed by atoms with van der Waals surface area (Å²) in [5.74, 6) is -2.01. The SMILES string of the molecule is Cc1c(F)cccc1NS(=O)(=O)c1cc(S(=O)(=O)Nc2cccc(F)c2C)c2cnccc2c1O. The van der Waals surface area contributed by atoms with Gasteiger partial charge in [-0.15, -0.1) is 0 Å². The highest BCUT2D eigenvalue weighted by atomic mass is 32.2. The Morgan fingerprint density at radius 2 is 1.29 bits per heavy atom. The molecule has 0 aliphatic rings. The maximum Gasteiger partial charge on any atom is 0.265 e. The van der Waals surface area contributed by atoms with Gasteiger partial charge in [0.1, 0.15) is 22.3 Å². The number of nitrogens with one attached hydrogen (secondary N) is 2. The number of benzene rings is 3. The quantitative estimate of drug-likeness (QED) is 0.346. The third-order valence-corrected chi connectivity index (χ3v) is 8.22. The van der Waals surface area contributed by atoms with Crippen LogP contribution in [-0.4, -0.2) is 26.9 Å². The Balaban J connectivity index is 1.90. The van der Waals surface area contributed by atoms with Crippen LogP contribution in [-0.2, 0) is 20.0 Å². The van der Waals surface area contributed by atoms with Gasteiger partial charge in [-0.05, 0) is 50.2 Å². The fraction of sp³-hybridized carbons (Fsp3) is 0.0870. The first-order valence-electron chi connectivity index (χ1n) is 10.1. The van der Waals surface area contributed by atoms with Crippen molar-refractivity contribution in [2.24, 2.45) is 0 Å². The molecule has 1 aromatic heterocycles. The number of anilines is 2. The zero-order valence-electron chi connectivity index (χ0n) is 18.4. The molecular weight excluding hydrogens is 500 g/mol. The highest BCUT2D eigenvalue weighted by Gasteiger charge is 2.28. The van der Waals surface area contributed by atoms with Gasteiger partial charge in [0.2, 0.25) is 0 Å². The van der Waals surface area contributed by atoms with Crippen molar-refractivity contribution in [3.63, 3.8) is 0 Å². The molecule has 4 aromatic rings. The van der Waals surface area contributed by atoms with Crippen LogP contribution < -0.4 is 9.44 Å². The average molecular weight is 520 g/mol. The highest BCUT2D eigenvalue weighted by Crippen LogP contribution is 2.38. The lowest BCUT2D eigenvalue weighted by Crippen LogP contribution is -2.18. The Hall–Kier alpha value is -3.77. The number of halogens is 2. The molecule has 1 heterocycles. The van der Waals surface area contributed by atoms with Gasteiger partial charge in [-0.25, -0.2) is 25.6 Å². The summed E-state index contributed by atoms with van der Waals surface area (Å²) in [5.41, 5.74) is -0.0878. The van der Waals surface area contributed by atoms with Gasteiger partial charge < -0.3 is 5.11 Å². The Labute approximate surface area is 200 Å². The van der Waals surface area contributed by atoms with E-state index in [-0.39, 0.29) is 33.3 Å². The second kappa shape index (κ2) is 8.78. The molecule has 0 radical (unpaired) electrons. The van der Waals surface area contributed by atoms with Gasteiger partial charge in [0.25, 0.3) is 20.0 Å². The molecule has 0 spiro atoms. The minimum absolute atomic E-state index is 0.0108. The van der Waals surface area contributed by atoms with Gasteiger partial charge in [0, 0.05) is 34.3 Å². The number of pyridine rings is 1. The summed E-state index contributed by atoms with van der Waals surface area (Å²) in [6, 6.07) is 9.63. The van der Waals surface area contributed by atoms with E-state index >= 15 is 0 Å². The fourth-order valence-electron chi connectivity index (χ4n) is 3.46. The molecule has 0 atom stereocenters. The molecular formula is C23H19F2N3O5S2. The zero-order chi connectivity index (χ0) is 25.5. The van der Waals surface area contributed by atoms with E-state index in [1.807, 2.05) is 0 Å². The molecule has 0 fully saturated rings. The normalized spacial score (nSPS) is 12.0. The minimum atomic E-state index is -4.58. The van der Waals surface area contributed by atoms with Crippen molar-refractivity contribution in [1.29, 1.82) is 0 Å². The van der Waals surface area contributed by atoms with E-state index < -0.39 is 47.2 Å². The summed E-state index contributed by atoms with van der Waals surface area (Å²) >= 11 is 0. The van der Waals surface area contributed by atoms with Gasteiger partial charge in [-0.2, -0.15) is 0 Å². The summed E-state index contributed by atoms with van der Waals surface area (Å²) in [5, 5.41) is 10.6. The second-order valence-corrected chi connectivity index (χ2v) is 11.0. The number of hydrogen-bond acceptors (Lipinski definition) is 6. The molecule has 0 saturated carbocycles. The van der Waals surface area contributed by atoms with Crippen molar-refractivity contribution in [2.75, 3.05) is 9.44 Å². The van der Waals surface area contributed by atoms with E-state index in [1.54, 1.807) is 0 Å². The van der Waals surface area contributed by atoms with E-state index in [9.17, 15) is 30.7 Å². The van der Waals surface area contributed by atoms with Gasteiger partial charge in [-0.1, -0.05) is 12.1 Å². The molecule has 0 saturated heterocycles. The lowest BCUT2D eigenvalue weighted by Gasteiger charge is -2.17. The monoisotopic (exact) mass is 519 g/mol. The van der Waals surface area contributed by atoms with Gasteiger partial charge >= 0.3 is 0 Å². The first-order valence-corrected chi connectivity index (χ1v) is 13.0. The van der Waals surface area contributed by atoms with Crippen molar-refractivity contribution in [3.8, 4) is 5.75 Å². The molecule has 4 rings (SSSR count). The van der Waals surface area contributed by atoms with Crippen molar-refractivity contribution < 1.29 is 30.7 Å². The predicted molar refractivity (Wildman–Crippen MR) is 127 cm³/mol. The summed E-state index contributed by atoms with van der Waals surface area (Å²) < 4.78 is 85.4. The molecule has 0 bridgehead atoms. The number of phenolic OH excluding ortho intramolecular Hbond substituents is 1. The number of nitrogens with zero attached hydrogens (tertiary/aromatic N) is 1. The lowest BCUT2D eigenvalue weighted by molar-refractivity contribution is 0.465. The topological polar surface area (TPSA) is 125 Å². The average Bonchev–Trinajstić information content (AvgIpc) is 2.80. The van der Waals surface area contributed by atoms with Crippen LogP contribution in [0.25, 0.3) is 10.8 Å². The van der Waals surface area contributed by atoms with Gasteiger partial charge in [-0.3, -0.25) is 14.4 Å². The first-order chi connectivity index (χ1) is 16.4. The zero-order valence-corrected chi connectivity index (χ0v) is 20.0. The van der Waals surface area contributed by atoms with Crippen LogP contribution in [0.15, 0.2) is 70.7 Å². The number of phenols is 1. The minimum Gasteiger partial charge on any atom is -0.506 e. The van der Waals surface area contributed by atoms with E-state index in [4.69, 9.17) is 0 Å². The Bertz CT molecular complexity index is 1690. The molecule has 0 aliphatic heterocycles. The number of sulfonamides is 2. The number of fused-ring (bicyclic) bond motifs is 1. The van der Waals surface area contributed by atoms with E-state index in [1.165, 1.54) is 50.4 Å². The van der Waals surface area contributed by atoms with Gasteiger partial charge in [0.05, 0.1) is 16.3 Å². The van der Waals surface area contributed by atoms with E-state index in [0.717, 1.165) is 24.4 Å². The first kappa shape index (κ1) is 24.4. The number of hydrogen-bond donors (Lipinski definition) is 3. The maximum absolute atomic E-state index is 14.0. The molecule has 0 aliphatic carbocycles. The van der Waals surface area contributed by atoms with Crippen molar-refractivity contribution in [2.45, 2.75) is 23.6 Å². The molecule has 12 heteroatoms. The van der Waals surface area contributed by atoms with E-state index in [2.05, 4.69) is 14.4 Å². The number of aromatic nitrogens is 1. The smallest absolute Gasteiger partial charge is 0.265 e. The lowest BCUT2D eigenvalue weighted by atomic mass is 10.1. The molecule has 0 amide bonds. The summed E-state index contributed by atoms with van der Waals surface area (Å²) in [6.07, 6.45) is 2.41. The van der Waals surface area contributed by atoms with Crippen LogP contribution in [0, 0.1) is 25.5 Å². The Kier molecular flexibility index (Phi) is 6.11. The van der Waals surface area contributed by atoms with Gasteiger partial charge in [0.15, 0.2) is 0 Å². The molecule has 3 N–H and O–H groups in total. The van der Waals surface area contributed by atoms with Crippen molar-refractivity contribution >= 4 is 42.2 Å². The molecule has 0 unspecified atom stereocenters. The summed E-state index contributed by atoms with van der Waals surface area (Å²) in [7, 11) is -9.07. The molecule has 3 aromatic carbocycles. The molecule has 182 valence electrons. The predicted octanol–water partition coefficient (Wildman–Crippen LogP) is 4.44. The fourth-order valence-corrected chi connectivity index (χ4v) is 6.14. The molecule has 8 nitrogen and oxygen atoms in total. The van der Waals surface area contributed by atoms with Crippen LogP contribution in [0.2, 0.25) is 0 Å². The Morgan fingerprint density at radius 3 is 1.83 bits per heavy atom. The molecule has 35 heavy (non-hydrogen) atoms. The van der Waals surface area contributed by atoms with Crippen LogP contribution >= 0.6 is 0 Å².